The van der Waals surface area contributed by atoms with E-state index in [0.717, 1.165) is 49.5 Å². The molecular weight excluding hydrogens is 467 g/mol. The zero-order valence-electron chi connectivity index (χ0n) is 17.1. The van der Waals surface area contributed by atoms with Crippen molar-refractivity contribution in [2.45, 2.75) is 70.6 Å². The van der Waals surface area contributed by atoms with Crippen molar-refractivity contribution in [3.63, 3.8) is 0 Å². The molecule has 0 radical (unpaired) electrons. The number of carbonyl (C=O) groups excluding carboxylic acids is 1. The van der Waals surface area contributed by atoms with Gasteiger partial charge in [0.1, 0.15) is 11.4 Å². The van der Waals surface area contributed by atoms with Crippen LogP contribution in [0, 0.1) is 0 Å². The highest BCUT2D eigenvalue weighted by Gasteiger charge is 2.33. The molecule has 1 aromatic carbocycles. The second-order valence-corrected chi connectivity index (χ2v) is 8.01. The Hall–Kier alpha value is -1.51. The van der Waals surface area contributed by atoms with Gasteiger partial charge in [-0.05, 0) is 46.1 Å². The smallest absolute Gasteiger partial charge is 0.220 e. The third kappa shape index (κ3) is 6.83. The molecule has 3 N–H and O–H groups in total. The van der Waals surface area contributed by atoms with Crippen LogP contribution >= 0.6 is 24.0 Å². The SMILES string of the molecule is CCNC(=NCCCC(=O)NC1CC1)NC1CC(C)(C)Oc2ccccc21.I. The Bertz CT molecular complexity index is 689. The Morgan fingerprint density at radius 2 is 2.00 bits per heavy atom. The summed E-state index contributed by atoms with van der Waals surface area (Å²) in [5.74, 6) is 1.86. The Balaban J connectivity index is 0.00000280. The van der Waals surface area contributed by atoms with E-state index in [1.165, 1.54) is 0 Å². The minimum absolute atomic E-state index is 0. The number of nitrogens with zero attached hydrogens (tertiary/aromatic N) is 1. The molecular formula is C21H33IN4O2. The molecule has 6 nitrogen and oxygen atoms in total. The van der Waals surface area contributed by atoms with Crippen molar-refractivity contribution >= 4 is 35.8 Å². The van der Waals surface area contributed by atoms with Crippen LogP contribution in [-0.2, 0) is 4.79 Å². The molecule has 1 unspecified atom stereocenters. The number of hydrogen-bond donors (Lipinski definition) is 3. The van der Waals surface area contributed by atoms with Crippen molar-refractivity contribution < 1.29 is 9.53 Å². The van der Waals surface area contributed by atoms with Gasteiger partial charge in [0.25, 0.3) is 0 Å². The van der Waals surface area contributed by atoms with Crippen molar-refractivity contribution in [3.05, 3.63) is 29.8 Å². The van der Waals surface area contributed by atoms with E-state index in [1.54, 1.807) is 0 Å². The summed E-state index contributed by atoms with van der Waals surface area (Å²) in [7, 11) is 0. The van der Waals surface area contributed by atoms with Crippen LogP contribution in [0.15, 0.2) is 29.3 Å². The molecule has 28 heavy (non-hydrogen) atoms. The zero-order chi connectivity index (χ0) is 19.3. The van der Waals surface area contributed by atoms with Crippen LogP contribution in [0.25, 0.3) is 0 Å². The molecule has 1 atom stereocenters. The highest BCUT2D eigenvalue weighted by molar-refractivity contribution is 14.0. The second-order valence-electron chi connectivity index (χ2n) is 8.01. The van der Waals surface area contributed by atoms with Gasteiger partial charge in [0.05, 0.1) is 6.04 Å². The fraction of sp³-hybridized carbons (Fsp3) is 0.619. The highest BCUT2D eigenvalue weighted by Crippen LogP contribution is 2.39. The lowest BCUT2D eigenvalue weighted by molar-refractivity contribution is -0.121. The maximum absolute atomic E-state index is 11.8. The molecule has 3 rings (SSSR count). The molecule has 0 aromatic heterocycles. The summed E-state index contributed by atoms with van der Waals surface area (Å²) < 4.78 is 6.11. The number of amides is 1. The Kier molecular flexibility index (Phi) is 8.39. The van der Waals surface area contributed by atoms with Crippen LogP contribution in [0.5, 0.6) is 5.75 Å². The summed E-state index contributed by atoms with van der Waals surface area (Å²) in [6.45, 7) is 7.70. The first-order chi connectivity index (χ1) is 13.0. The van der Waals surface area contributed by atoms with Crippen LogP contribution in [0.1, 0.15) is 64.5 Å². The Morgan fingerprint density at radius 1 is 1.25 bits per heavy atom. The zero-order valence-corrected chi connectivity index (χ0v) is 19.4. The number of fused-ring (bicyclic) bond motifs is 1. The van der Waals surface area contributed by atoms with Gasteiger partial charge in [-0.3, -0.25) is 9.79 Å². The van der Waals surface area contributed by atoms with Gasteiger partial charge in [0.15, 0.2) is 5.96 Å². The molecule has 1 aliphatic carbocycles. The van der Waals surface area contributed by atoms with Crippen molar-refractivity contribution in [2.75, 3.05) is 13.1 Å². The summed E-state index contributed by atoms with van der Waals surface area (Å²) in [5.41, 5.74) is 0.927. The number of rotatable bonds is 7. The van der Waals surface area contributed by atoms with E-state index in [-0.39, 0.29) is 41.5 Å². The van der Waals surface area contributed by atoms with Gasteiger partial charge in [-0.15, -0.1) is 24.0 Å². The molecule has 0 spiro atoms. The molecule has 0 saturated heterocycles. The fourth-order valence-electron chi connectivity index (χ4n) is 3.37. The Morgan fingerprint density at radius 3 is 2.71 bits per heavy atom. The maximum atomic E-state index is 11.8. The van der Waals surface area contributed by atoms with E-state index in [0.29, 0.717) is 19.0 Å². The van der Waals surface area contributed by atoms with E-state index in [9.17, 15) is 4.79 Å². The lowest BCUT2D eigenvalue weighted by atomic mass is 9.90. The van der Waals surface area contributed by atoms with Gasteiger partial charge < -0.3 is 20.7 Å². The number of hydrogen-bond acceptors (Lipinski definition) is 3. The number of para-hydroxylation sites is 1. The van der Waals surface area contributed by atoms with Gasteiger partial charge in [0.2, 0.25) is 5.91 Å². The predicted octanol–water partition coefficient (Wildman–Crippen LogP) is 3.52. The minimum Gasteiger partial charge on any atom is -0.487 e. The molecule has 1 heterocycles. The summed E-state index contributed by atoms with van der Waals surface area (Å²) in [4.78, 5) is 16.5. The number of benzene rings is 1. The van der Waals surface area contributed by atoms with Gasteiger partial charge >= 0.3 is 0 Å². The maximum Gasteiger partial charge on any atom is 0.220 e. The molecule has 1 amide bonds. The average Bonchev–Trinajstić information content (AvgIpc) is 3.41. The molecule has 1 aliphatic heterocycles. The van der Waals surface area contributed by atoms with E-state index in [2.05, 4.69) is 47.8 Å². The summed E-state index contributed by atoms with van der Waals surface area (Å²) in [5, 5.41) is 9.89. The van der Waals surface area contributed by atoms with Crippen molar-refractivity contribution in [3.8, 4) is 5.75 Å². The number of aliphatic imine (C=N–C) groups is 1. The van der Waals surface area contributed by atoms with Gasteiger partial charge in [-0.25, -0.2) is 0 Å². The van der Waals surface area contributed by atoms with Crippen LogP contribution in [0.4, 0.5) is 0 Å². The third-order valence-corrected chi connectivity index (χ3v) is 4.81. The predicted molar refractivity (Wildman–Crippen MR) is 123 cm³/mol. The van der Waals surface area contributed by atoms with Gasteiger partial charge in [-0.2, -0.15) is 0 Å². The molecule has 1 saturated carbocycles. The minimum atomic E-state index is -0.232. The first-order valence-corrected chi connectivity index (χ1v) is 10.1. The third-order valence-electron chi connectivity index (χ3n) is 4.81. The number of nitrogens with one attached hydrogen (secondary N) is 3. The average molecular weight is 500 g/mol. The number of carbonyl (C=O) groups is 1. The fourth-order valence-corrected chi connectivity index (χ4v) is 3.37. The monoisotopic (exact) mass is 500 g/mol. The summed E-state index contributed by atoms with van der Waals surface area (Å²) in [6, 6.07) is 8.74. The van der Waals surface area contributed by atoms with E-state index >= 15 is 0 Å². The first kappa shape index (κ1) is 22.8. The Labute approximate surface area is 185 Å². The number of ether oxygens (including phenoxy) is 1. The van der Waals surface area contributed by atoms with E-state index in [1.807, 2.05) is 18.2 Å². The van der Waals surface area contributed by atoms with Gasteiger partial charge in [-0.1, -0.05) is 18.2 Å². The second kappa shape index (κ2) is 10.3. The van der Waals surface area contributed by atoms with Crippen molar-refractivity contribution in [2.24, 2.45) is 4.99 Å². The van der Waals surface area contributed by atoms with E-state index in [4.69, 9.17) is 4.74 Å². The lowest BCUT2D eigenvalue weighted by Crippen LogP contribution is -2.45. The molecule has 1 fully saturated rings. The molecule has 7 heteroatoms. The topological polar surface area (TPSA) is 74.8 Å². The number of halogens is 1. The quantitative estimate of drug-likeness (QED) is 0.232. The number of guanidine groups is 1. The molecule has 1 aromatic rings. The molecule has 156 valence electrons. The van der Waals surface area contributed by atoms with Crippen LogP contribution in [-0.4, -0.2) is 36.6 Å². The summed E-state index contributed by atoms with van der Waals surface area (Å²) >= 11 is 0. The van der Waals surface area contributed by atoms with Crippen molar-refractivity contribution in [1.29, 1.82) is 0 Å². The normalized spacial score (nSPS) is 20.2. The first-order valence-electron chi connectivity index (χ1n) is 10.1. The lowest BCUT2D eigenvalue weighted by Gasteiger charge is -2.38. The van der Waals surface area contributed by atoms with Gasteiger partial charge in [0, 0.05) is 37.5 Å². The van der Waals surface area contributed by atoms with Crippen LogP contribution in [0.3, 0.4) is 0 Å². The van der Waals surface area contributed by atoms with Crippen LogP contribution in [0.2, 0.25) is 0 Å². The van der Waals surface area contributed by atoms with E-state index < -0.39 is 0 Å². The largest absolute Gasteiger partial charge is 0.487 e. The van der Waals surface area contributed by atoms with Crippen LogP contribution < -0.4 is 20.7 Å². The summed E-state index contributed by atoms with van der Waals surface area (Å²) in [6.07, 6.45) is 4.40. The highest BCUT2D eigenvalue weighted by atomic mass is 127. The van der Waals surface area contributed by atoms with Crippen molar-refractivity contribution in [1.82, 2.24) is 16.0 Å². The molecule has 0 bridgehead atoms. The molecule has 2 aliphatic rings. The standard InChI is InChI=1S/C21H32N4O2.HI/c1-4-22-20(23-13-7-10-19(26)24-15-11-12-15)25-17-14-21(2,3)27-18-9-6-5-8-16(17)18;/h5-6,8-9,15,17H,4,7,10-14H2,1-3H3,(H,24,26)(H2,22,23,25);1H.